The van der Waals surface area contributed by atoms with Crippen LogP contribution in [-0.2, 0) is 0 Å². The maximum atomic E-state index is 2.36. The Balaban J connectivity index is 4.61. The minimum atomic E-state index is 0.702. The minimum Gasteiger partial charge on any atom is -0.0844 e. The van der Waals surface area contributed by atoms with Crippen LogP contribution in [0.3, 0.4) is 0 Å². The van der Waals surface area contributed by atoms with E-state index in [1.807, 2.05) is 0 Å². The van der Waals surface area contributed by atoms with Crippen LogP contribution in [0.4, 0.5) is 0 Å². The van der Waals surface area contributed by atoms with Crippen molar-refractivity contribution < 1.29 is 0 Å². The molecule has 0 aliphatic carbocycles. The van der Waals surface area contributed by atoms with Crippen molar-refractivity contribution in [1.82, 2.24) is 0 Å². The summed E-state index contributed by atoms with van der Waals surface area (Å²) >= 11 is 0. The molecule has 0 aliphatic rings. The molecule has 0 saturated carbocycles. The number of hydrogen-bond donors (Lipinski definition) is 0. The summed E-state index contributed by atoms with van der Waals surface area (Å²) in [6.07, 6.45) is 4.87. The lowest BCUT2D eigenvalue weighted by Gasteiger charge is -2.20. The average Bonchev–Trinajstić information content (AvgIpc) is 2.14. The first-order valence-electron chi connectivity index (χ1n) is 6.20. The molecule has 0 rings (SSSR count). The molecule has 0 aromatic rings. The van der Waals surface area contributed by atoms with Crippen molar-refractivity contribution in [3.63, 3.8) is 0 Å². The Morgan fingerprint density at radius 2 is 1.53 bits per heavy atom. The molecule has 0 aromatic heterocycles. The van der Waals surface area contributed by atoms with E-state index in [1.54, 1.807) is 5.57 Å². The van der Waals surface area contributed by atoms with Gasteiger partial charge in [0.2, 0.25) is 0 Å². The molecule has 0 spiro atoms. The van der Waals surface area contributed by atoms with Gasteiger partial charge in [-0.25, -0.2) is 0 Å². The molecular formula is C15H28. The molecule has 0 fully saturated rings. The van der Waals surface area contributed by atoms with Crippen molar-refractivity contribution in [2.75, 3.05) is 0 Å². The Labute approximate surface area is 96.5 Å². The Morgan fingerprint density at radius 3 is 1.87 bits per heavy atom. The highest BCUT2D eigenvalue weighted by Gasteiger charge is 2.12. The van der Waals surface area contributed by atoms with Gasteiger partial charge in [0.05, 0.1) is 0 Å². The summed E-state index contributed by atoms with van der Waals surface area (Å²) in [6, 6.07) is 0. The summed E-state index contributed by atoms with van der Waals surface area (Å²) in [7, 11) is 0. The van der Waals surface area contributed by atoms with Crippen LogP contribution in [0.15, 0.2) is 22.8 Å². The summed E-state index contributed by atoms with van der Waals surface area (Å²) in [4.78, 5) is 0. The standard InChI is InChI=1S/C15H28/c1-8-13(6)15(12(4)5)14(7)10-9-11(2)3/h8,11,14H,9-10H2,1-7H3. The van der Waals surface area contributed by atoms with E-state index in [1.165, 1.54) is 24.0 Å². The molecule has 0 aliphatic heterocycles. The SMILES string of the molecule is CC=C(C)C(=C(C)C)C(C)CCC(C)C. The summed E-state index contributed by atoms with van der Waals surface area (Å²) in [5.41, 5.74) is 4.49. The highest BCUT2D eigenvalue weighted by atomic mass is 14.2. The molecule has 0 saturated heterocycles. The summed E-state index contributed by atoms with van der Waals surface area (Å²) < 4.78 is 0. The van der Waals surface area contributed by atoms with Gasteiger partial charge in [-0.05, 0) is 51.5 Å². The van der Waals surface area contributed by atoms with E-state index < -0.39 is 0 Å². The molecule has 0 N–H and O–H groups in total. The first-order valence-corrected chi connectivity index (χ1v) is 6.20. The van der Waals surface area contributed by atoms with Gasteiger partial charge in [0.25, 0.3) is 0 Å². The second kappa shape index (κ2) is 6.87. The first-order chi connectivity index (χ1) is 6.90. The third-order valence-electron chi connectivity index (χ3n) is 3.07. The van der Waals surface area contributed by atoms with Gasteiger partial charge in [-0.3, -0.25) is 0 Å². The summed E-state index contributed by atoms with van der Waals surface area (Å²) in [5.74, 6) is 1.52. The van der Waals surface area contributed by atoms with E-state index in [2.05, 4.69) is 54.5 Å². The van der Waals surface area contributed by atoms with Crippen LogP contribution in [0.1, 0.15) is 61.3 Å². The zero-order chi connectivity index (χ0) is 12.0. The van der Waals surface area contributed by atoms with E-state index in [9.17, 15) is 0 Å². The van der Waals surface area contributed by atoms with E-state index in [4.69, 9.17) is 0 Å². The van der Waals surface area contributed by atoms with Gasteiger partial charge < -0.3 is 0 Å². The van der Waals surface area contributed by atoms with Gasteiger partial charge in [-0.15, -0.1) is 0 Å². The number of allylic oxidation sites excluding steroid dienone is 4. The number of hydrogen-bond acceptors (Lipinski definition) is 0. The Hall–Kier alpha value is -0.520. The Kier molecular flexibility index (Phi) is 6.63. The largest absolute Gasteiger partial charge is 0.0844 e. The molecule has 0 heterocycles. The third kappa shape index (κ3) is 5.20. The van der Waals surface area contributed by atoms with Gasteiger partial charge in [-0.1, -0.05) is 44.4 Å². The lowest BCUT2D eigenvalue weighted by Crippen LogP contribution is -2.04. The van der Waals surface area contributed by atoms with Crippen LogP contribution in [0.2, 0.25) is 0 Å². The third-order valence-corrected chi connectivity index (χ3v) is 3.07. The first kappa shape index (κ1) is 14.5. The maximum Gasteiger partial charge on any atom is -0.0188 e. The van der Waals surface area contributed by atoms with Crippen LogP contribution in [0.5, 0.6) is 0 Å². The molecule has 0 bridgehead atoms. The molecule has 0 heteroatoms. The van der Waals surface area contributed by atoms with Crippen molar-refractivity contribution in [3.05, 3.63) is 22.8 Å². The van der Waals surface area contributed by atoms with Crippen molar-refractivity contribution >= 4 is 0 Å². The Bertz CT molecular complexity index is 237. The maximum absolute atomic E-state index is 2.36. The molecule has 88 valence electrons. The fourth-order valence-electron chi connectivity index (χ4n) is 2.16. The van der Waals surface area contributed by atoms with Gasteiger partial charge >= 0.3 is 0 Å². The van der Waals surface area contributed by atoms with Crippen molar-refractivity contribution in [1.29, 1.82) is 0 Å². The molecule has 1 unspecified atom stereocenters. The molecule has 1 atom stereocenters. The van der Waals surface area contributed by atoms with Crippen LogP contribution in [-0.4, -0.2) is 0 Å². The fraction of sp³-hybridized carbons (Fsp3) is 0.733. The van der Waals surface area contributed by atoms with Gasteiger partial charge in [0.1, 0.15) is 0 Å². The zero-order valence-corrected chi connectivity index (χ0v) is 11.6. The molecule has 0 nitrogen and oxygen atoms in total. The second-order valence-corrected chi connectivity index (χ2v) is 5.26. The number of rotatable bonds is 5. The fourth-order valence-corrected chi connectivity index (χ4v) is 2.16. The molecule has 0 aromatic carbocycles. The van der Waals surface area contributed by atoms with Gasteiger partial charge in [0, 0.05) is 0 Å². The molecule has 0 amide bonds. The highest BCUT2D eigenvalue weighted by Crippen LogP contribution is 2.27. The van der Waals surface area contributed by atoms with E-state index in [-0.39, 0.29) is 0 Å². The molecule has 0 radical (unpaired) electrons. The predicted octanol–water partition coefficient (Wildman–Crippen LogP) is 5.36. The van der Waals surface area contributed by atoms with E-state index >= 15 is 0 Å². The van der Waals surface area contributed by atoms with Crippen LogP contribution in [0, 0.1) is 11.8 Å². The lowest BCUT2D eigenvalue weighted by molar-refractivity contribution is 0.489. The van der Waals surface area contributed by atoms with E-state index in [0.29, 0.717) is 5.92 Å². The van der Waals surface area contributed by atoms with Crippen molar-refractivity contribution in [3.8, 4) is 0 Å². The minimum absolute atomic E-state index is 0.702. The average molecular weight is 208 g/mol. The van der Waals surface area contributed by atoms with Gasteiger partial charge in [0.15, 0.2) is 0 Å². The quantitative estimate of drug-likeness (QED) is 0.533. The molecular weight excluding hydrogens is 180 g/mol. The lowest BCUT2D eigenvalue weighted by atomic mass is 9.86. The zero-order valence-electron chi connectivity index (χ0n) is 11.6. The van der Waals surface area contributed by atoms with Crippen LogP contribution < -0.4 is 0 Å². The van der Waals surface area contributed by atoms with Crippen molar-refractivity contribution in [2.45, 2.75) is 61.3 Å². The van der Waals surface area contributed by atoms with Crippen molar-refractivity contribution in [2.24, 2.45) is 11.8 Å². The second-order valence-electron chi connectivity index (χ2n) is 5.26. The highest BCUT2D eigenvalue weighted by molar-refractivity contribution is 5.33. The normalized spacial score (nSPS) is 14.3. The predicted molar refractivity (Wildman–Crippen MR) is 71.0 cm³/mol. The summed E-state index contributed by atoms with van der Waals surface area (Å²) in [6.45, 7) is 15.8. The molecule has 15 heavy (non-hydrogen) atoms. The monoisotopic (exact) mass is 208 g/mol. The summed E-state index contributed by atoms with van der Waals surface area (Å²) in [5, 5.41) is 0. The Morgan fingerprint density at radius 1 is 1.00 bits per heavy atom. The van der Waals surface area contributed by atoms with Crippen LogP contribution in [0.25, 0.3) is 0 Å². The topological polar surface area (TPSA) is 0 Å². The smallest absolute Gasteiger partial charge is 0.0188 e. The van der Waals surface area contributed by atoms with E-state index in [0.717, 1.165) is 5.92 Å². The van der Waals surface area contributed by atoms with Gasteiger partial charge in [-0.2, -0.15) is 0 Å². The van der Waals surface area contributed by atoms with Crippen LogP contribution >= 0.6 is 0 Å².